The first kappa shape index (κ1) is 25.0. The monoisotopic (exact) mass is 518 g/mol. The van der Waals surface area contributed by atoms with Crippen LogP contribution in [0.3, 0.4) is 0 Å². The second kappa shape index (κ2) is 10.0. The number of carbonyl (C=O) groups is 3. The maximum Gasteiger partial charge on any atom is 0.407 e. The summed E-state index contributed by atoms with van der Waals surface area (Å²) in [5.41, 5.74) is 3.37. The summed E-state index contributed by atoms with van der Waals surface area (Å²) < 4.78 is 6.68. The Hall–Kier alpha value is -4.67. The van der Waals surface area contributed by atoms with Crippen LogP contribution in [-0.4, -0.2) is 63.3 Å². The van der Waals surface area contributed by atoms with Crippen molar-refractivity contribution in [3.05, 3.63) is 92.3 Å². The summed E-state index contributed by atoms with van der Waals surface area (Å²) in [7, 11) is 0. The highest BCUT2D eigenvalue weighted by atomic mass is 16.5. The summed E-state index contributed by atoms with van der Waals surface area (Å²) in [6.07, 6.45) is 0.542. The summed E-state index contributed by atoms with van der Waals surface area (Å²) in [5.74, 6) is -1.99. The number of aryl methyl sites for hydroxylation is 1. The van der Waals surface area contributed by atoms with Gasteiger partial charge in [0.05, 0.1) is 6.04 Å². The summed E-state index contributed by atoms with van der Waals surface area (Å²) in [6, 6.07) is 14.0. The molecular formula is C27H26N4O7. The van der Waals surface area contributed by atoms with Crippen LogP contribution in [0.2, 0.25) is 0 Å². The normalized spacial score (nSPS) is 18.1. The van der Waals surface area contributed by atoms with Crippen molar-refractivity contribution in [1.29, 1.82) is 0 Å². The van der Waals surface area contributed by atoms with E-state index < -0.39 is 47.8 Å². The lowest BCUT2D eigenvalue weighted by Gasteiger charge is -2.21. The van der Waals surface area contributed by atoms with E-state index in [4.69, 9.17) is 4.74 Å². The summed E-state index contributed by atoms with van der Waals surface area (Å²) in [4.78, 5) is 64.4. The van der Waals surface area contributed by atoms with Crippen molar-refractivity contribution in [3.63, 3.8) is 0 Å². The van der Waals surface area contributed by atoms with Crippen molar-refractivity contribution in [2.75, 3.05) is 19.7 Å². The Morgan fingerprint density at radius 2 is 1.68 bits per heavy atom. The third kappa shape index (κ3) is 4.58. The van der Waals surface area contributed by atoms with Gasteiger partial charge in [-0.05, 0) is 29.2 Å². The van der Waals surface area contributed by atoms with Crippen molar-refractivity contribution >= 4 is 18.0 Å². The van der Waals surface area contributed by atoms with E-state index in [1.165, 1.54) is 17.7 Å². The summed E-state index contributed by atoms with van der Waals surface area (Å²) in [5, 5.41) is 12.1. The standard InChI is InChI=1S/C27H26N4O7/c1-15-12-30(26(36)29-24(15)33)16-10-22(25(34)35)31(13-16)23(32)11-28-27(37)38-14-21-19-8-4-2-6-17(19)18-7-3-5-9-20(18)21/h2-9,12,16,21-22H,10-11,13-14H2,1H3,(H,28,37)(H,34,35)(H,29,33,36)/t16-,22+/m0/s1. The van der Waals surface area contributed by atoms with Gasteiger partial charge in [0, 0.05) is 30.6 Å². The number of ether oxygens (including phenoxy) is 1. The van der Waals surface area contributed by atoms with E-state index in [1.807, 2.05) is 48.5 Å². The molecule has 0 unspecified atom stereocenters. The highest BCUT2D eigenvalue weighted by Gasteiger charge is 2.41. The van der Waals surface area contributed by atoms with E-state index in [9.17, 15) is 29.1 Å². The smallest absolute Gasteiger partial charge is 0.407 e. The fraction of sp³-hybridized carbons (Fsp3) is 0.296. The molecule has 1 aromatic heterocycles. The molecule has 2 aliphatic rings. The number of amides is 2. The van der Waals surface area contributed by atoms with Crippen LogP contribution in [0.4, 0.5) is 4.79 Å². The Balaban J connectivity index is 1.21. The number of carboxylic acid groups (broad SMARTS) is 1. The van der Waals surface area contributed by atoms with Crippen LogP contribution in [0.1, 0.15) is 35.1 Å². The van der Waals surface area contributed by atoms with Crippen LogP contribution in [0.25, 0.3) is 11.1 Å². The number of fused-ring (bicyclic) bond motifs is 3. The molecule has 5 rings (SSSR count). The van der Waals surface area contributed by atoms with Gasteiger partial charge < -0.3 is 20.1 Å². The van der Waals surface area contributed by atoms with E-state index in [0.29, 0.717) is 0 Å². The fourth-order valence-electron chi connectivity index (χ4n) is 5.28. The third-order valence-corrected chi connectivity index (χ3v) is 7.15. The number of nitrogens with zero attached hydrogens (tertiary/aromatic N) is 2. The number of carbonyl (C=O) groups excluding carboxylic acids is 2. The van der Waals surface area contributed by atoms with Crippen molar-refractivity contribution < 1.29 is 24.2 Å². The average Bonchev–Trinajstić information content (AvgIpc) is 3.49. The van der Waals surface area contributed by atoms with Gasteiger partial charge >= 0.3 is 17.8 Å². The van der Waals surface area contributed by atoms with Gasteiger partial charge in [-0.2, -0.15) is 0 Å². The first-order valence-electron chi connectivity index (χ1n) is 12.2. The minimum Gasteiger partial charge on any atom is -0.480 e. The number of aromatic nitrogens is 2. The van der Waals surface area contributed by atoms with Gasteiger partial charge in [0.2, 0.25) is 5.91 Å². The van der Waals surface area contributed by atoms with Crippen LogP contribution >= 0.6 is 0 Å². The number of aromatic amines is 1. The molecule has 0 spiro atoms. The largest absolute Gasteiger partial charge is 0.480 e. The van der Waals surface area contributed by atoms with Gasteiger partial charge in [0.15, 0.2) is 0 Å². The lowest BCUT2D eigenvalue weighted by atomic mass is 9.98. The van der Waals surface area contributed by atoms with Crippen molar-refractivity contribution in [1.82, 2.24) is 19.8 Å². The molecule has 1 fully saturated rings. The molecule has 3 aromatic rings. The second-order valence-electron chi connectivity index (χ2n) is 9.45. The van der Waals surface area contributed by atoms with Gasteiger partial charge in [-0.25, -0.2) is 14.4 Å². The van der Waals surface area contributed by atoms with Crippen LogP contribution in [0.15, 0.2) is 64.3 Å². The molecule has 2 atom stereocenters. The molecule has 2 aromatic carbocycles. The Morgan fingerprint density at radius 1 is 1.05 bits per heavy atom. The molecule has 196 valence electrons. The van der Waals surface area contributed by atoms with Gasteiger partial charge in [-0.15, -0.1) is 0 Å². The number of likely N-dealkylation sites (tertiary alicyclic amines) is 1. The Labute approximate surface area is 216 Å². The van der Waals surface area contributed by atoms with Gasteiger partial charge in [-0.3, -0.25) is 19.1 Å². The third-order valence-electron chi connectivity index (χ3n) is 7.15. The maximum absolute atomic E-state index is 12.9. The predicted octanol–water partition coefficient (Wildman–Crippen LogP) is 1.61. The molecule has 11 heteroatoms. The van der Waals surface area contributed by atoms with Gasteiger partial charge in [0.1, 0.15) is 19.2 Å². The van der Waals surface area contributed by atoms with E-state index in [1.54, 1.807) is 0 Å². The zero-order chi connectivity index (χ0) is 27.0. The molecule has 2 heterocycles. The lowest BCUT2D eigenvalue weighted by molar-refractivity contribution is -0.147. The highest BCUT2D eigenvalue weighted by Crippen LogP contribution is 2.44. The molecule has 0 radical (unpaired) electrons. The average molecular weight is 519 g/mol. The number of nitrogens with one attached hydrogen (secondary N) is 2. The van der Waals surface area contributed by atoms with E-state index in [-0.39, 0.29) is 31.1 Å². The lowest BCUT2D eigenvalue weighted by Crippen LogP contribution is -2.45. The summed E-state index contributed by atoms with van der Waals surface area (Å²) >= 11 is 0. The molecule has 1 aliphatic heterocycles. The maximum atomic E-state index is 12.9. The minimum atomic E-state index is -1.23. The predicted molar refractivity (Wildman–Crippen MR) is 136 cm³/mol. The zero-order valence-corrected chi connectivity index (χ0v) is 20.5. The molecule has 38 heavy (non-hydrogen) atoms. The molecule has 0 saturated carbocycles. The Morgan fingerprint density at radius 3 is 2.32 bits per heavy atom. The number of benzene rings is 2. The first-order chi connectivity index (χ1) is 18.2. The molecule has 1 aliphatic carbocycles. The first-order valence-corrected chi connectivity index (χ1v) is 12.2. The van der Waals surface area contributed by atoms with Crippen molar-refractivity contribution in [2.45, 2.75) is 31.3 Å². The zero-order valence-electron chi connectivity index (χ0n) is 20.5. The number of hydrogen-bond donors (Lipinski definition) is 3. The topological polar surface area (TPSA) is 151 Å². The van der Waals surface area contributed by atoms with E-state index >= 15 is 0 Å². The Kier molecular flexibility index (Phi) is 6.58. The van der Waals surface area contributed by atoms with Crippen LogP contribution < -0.4 is 16.6 Å². The number of aliphatic carboxylic acids is 1. The molecule has 2 amide bonds. The van der Waals surface area contributed by atoms with Crippen molar-refractivity contribution in [3.8, 4) is 11.1 Å². The molecule has 3 N–H and O–H groups in total. The summed E-state index contributed by atoms with van der Waals surface area (Å²) in [6.45, 7) is 1.08. The van der Waals surface area contributed by atoms with E-state index in [2.05, 4.69) is 10.3 Å². The second-order valence-corrected chi connectivity index (χ2v) is 9.45. The van der Waals surface area contributed by atoms with Gasteiger partial charge in [0.25, 0.3) is 5.56 Å². The van der Waals surface area contributed by atoms with Crippen LogP contribution in [0, 0.1) is 6.92 Å². The highest BCUT2D eigenvalue weighted by molar-refractivity contribution is 5.87. The number of H-pyrrole nitrogens is 1. The van der Waals surface area contributed by atoms with E-state index in [0.717, 1.165) is 27.2 Å². The molecule has 11 nitrogen and oxygen atoms in total. The van der Waals surface area contributed by atoms with Crippen LogP contribution in [-0.2, 0) is 14.3 Å². The number of alkyl carbamates (subject to hydrolysis) is 1. The van der Waals surface area contributed by atoms with Crippen LogP contribution in [0.5, 0.6) is 0 Å². The number of carboxylic acids is 1. The van der Waals surface area contributed by atoms with Gasteiger partial charge in [-0.1, -0.05) is 48.5 Å². The quantitative estimate of drug-likeness (QED) is 0.449. The molecule has 0 bridgehead atoms. The number of rotatable bonds is 6. The molecule has 1 saturated heterocycles. The minimum absolute atomic E-state index is 0.0165. The SMILES string of the molecule is Cc1cn([C@H]2C[C@H](C(=O)O)N(C(=O)CNC(=O)OCC3c4ccccc4-c4ccccc43)C2)c(=O)[nH]c1=O. The Bertz CT molecular complexity index is 1500. The molecular weight excluding hydrogens is 492 g/mol. The number of hydrogen-bond acceptors (Lipinski definition) is 6. The fourth-order valence-corrected chi connectivity index (χ4v) is 5.28. The van der Waals surface area contributed by atoms with Crippen molar-refractivity contribution in [2.24, 2.45) is 0 Å².